The van der Waals surface area contributed by atoms with Crippen LogP contribution in [-0.2, 0) is 9.53 Å². The van der Waals surface area contributed by atoms with Gasteiger partial charge in [-0.1, -0.05) is 6.07 Å². The summed E-state index contributed by atoms with van der Waals surface area (Å²) in [6.07, 6.45) is 2.27. The van der Waals surface area contributed by atoms with Crippen LogP contribution in [0, 0.1) is 15.5 Å². The first-order chi connectivity index (χ1) is 9.47. The third-order valence-electron chi connectivity index (χ3n) is 3.45. The zero-order valence-electron chi connectivity index (χ0n) is 11.1. The summed E-state index contributed by atoms with van der Waals surface area (Å²) in [6.45, 7) is 0. The summed E-state index contributed by atoms with van der Waals surface area (Å²) in [5, 5.41) is 11.0. The summed E-state index contributed by atoms with van der Waals surface area (Å²) < 4.78 is 4.68. The van der Waals surface area contributed by atoms with E-state index >= 15 is 0 Å². The van der Waals surface area contributed by atoms with Crippen LogP contribution in [0.25, 0.3) is 0 Å². The molecule has 0 aromatic heterocycles. The van der Waals surface area contributed by atoms with E-state index in [1.807, 2.05) is 0 Å². The Morgan fingerprint density at radius 1 is 1.55 bits per heavy atom. The summed E-state index contributed by atoms with van der Waals surface area (Å²) >= 11 is 1.38. The van der Waals surface area contributed by atoms with E-state index in [2.05, 4.69) is 4.74 Å². The molecule has 0 bridgehead atoms. The third-order valence-corrected chi connectivity index (χ3v) is 4.85. The number of nitrogens with two attached hydrogens (primary N) is 1. The molecule has 2 rings (SSSR count). The van der Waals surface area contributed by atoms with Gasteiger partial charge < -0.3 is 10.5 Å². The first-order valence-corrected chi connectivity index (χ1v) is 7.18. The van der Waals surface area contributed by atoms with E-state index < -0.39 is 4.92 Å². The number of para-hydroxylation sites is 1. The van der Waals surface area contributed by atoms with Gasteiger partial charge in [0, 0.05) is 5.75 Å². The smallest absolute Gasteiger partial charge is 0.306 e. The van der Waals surface area contributed by atoms with E-state index in [1.54, 1.807) is 12.1 Å². The highest BCUT2D eigenvalue weighted by atomic mass is 32.2. The largest absolute Gasteiger partial charge is 0.469 e. The molecule has 0 heterocycles. The maximum Gasteiger partial charge on any atom is 0.306 e. The molecule has 0 saturated heterocycles. The highest BCUT2D eigenvalue weighted by Gasteiger charge is 2.44. The van der Waals surface area contributed by atoms with Crippen LogP contribution in [0.5, 0.6) is 0 Å². The number of esters is 1. The highest BCUT2D eigenvalue weighted by Crippen LogP contribution is 2.53. The number of carbonyl (C=O) groups is 1. The van der Waals surface area contributed by atoms with Crippen LogP contribution >= 0.6 is 11.8 Å². The average molecular weight is 296 g/mol. The molecule has 1 aliphatic carbocycles. The van der Waals surface area contributed by atoms with Crippen molar-refractivity contribution >= 4 is 29.1 Å². The Balaban J connectivity index is 2.07. The number of nitro benzene ring substituents is 1. The predicted molar refractivity (Wildman–Crippen MR) is 76.5 cm³/mol. The molecular weight excluding hydrogens is 280 g/mol. The second-order valence-electron chi connectivity index (χ2n) is 4.99. The van der Waals surface area contributed by atoms with Crippen molar-refractivity contribution in [2.45, 2.75) is 24.2 Å². The van der Waals surface area contributed by atoms with Crippen molar-refractivity contribution in [1.29, 1.82) is 0 Å². The van der Waals surface area contributed by atoms with Gasteiger partial charge in [0.2, 0.25) is 0 Å². The zero-order valence-corrected chi connectivity index (χ0v) is 11.9. The molecule has 0 aliphatic heterocycles. The summed E-state index contributed by atoms with van der Waals surface area (Å²) in [5.74, 6) is 0.428. The molecule has 7 heteroatoms. The number of benzene rings is 1. The minimum absolute atomic E-state index is 0.0497. The molecular formula is C13H16N2O4S. The lowest BCUT2D eigenvalue weighted by atomic mass is 10.1. The van der Waals surface area contributed by atoms with E-state index in [-0.39, 0.29) is 22.8 Å². The van der Waals surface area contributed by atoms with Gasteiger partial charge in [0.25, 0.3) is 0 Å². The number of anilines is 1. The number of nitro groups is 1. The molecule has 1 saturated carbocycles. The van der Waals surface area contributed by atoms with E-state index in [9.17, 15) is 14.9 Å². The average Bonchev–Trinajstić information content (AvgIpc) is 3.16. The lowest BCUT2D eigenvalue weighted by molar-refractivity contribution is -0.386. The Bertz CT molecular complexity index is 543. The Morgan fingerprint density at radius 2 is 2.25 bits per heavy atom. The topological polar surface area (TPSA) is 95.5 Å². The van der Waals surface area contributed by atoms with Crippen LogP contribution < -0.4 is 5.73 Å². The standard InChI is InChI=1S/C13H16N2O4S/c1-19-11(16)7-13(5-6-13)8-20-10-4-2-3-9(14)12(10)15(17)18/h2-4H,5-8,14H2,1H3. The molecule has 20 heavy (non-hydrogen) atoms. The van der Waals surface area contributed by atoms with Gasteiger partial charge in [0.05, 0.1) is 23.3 Å². The van der Waals surface area contributed by atoms with Crippen molar-refractivity contribution in [3.05, 3.63) is 28.3 Å². The molecule has 1 aromatic carbocycles. The molecule has 1 aliphatic rings. The lowest BCUT2D eigenvalue weighted by Crippen LogP contribution is -2.13. The number of ether oxygens (including phenoxy) is 1. The zero-order chi connectivity index (χ0) is 14.8. The summed E-state index contributed by atoms with van der Waals surface area (Å²) in [6, 6.07) is 4.90. The van der Waals surface area contributed by atoms with E-state index in [0.717, 1.165) is 12.8 Å². The quantitative estimate of drug-likeness (QED) is 0.285. The van der Waals surface area contributed by atoms with E-state index in [1.165, 1.54) is 24.9 Å². The number of rotatable bonds is 6. The molecule has 0 spiro atoms. The van der Waals surface area contributed by atoms with Crippen molar-refractivity contribution in [3.8, 4) is 0 Å². The van der Waals surface area contributed by atoms with Gasteiger partial charge in [-0.2, -0.15) is 0 Å². The van der Waals surface area contributed by atoms with Crippen molar-refractivity contribution < 1.29 is 14.5 Å². The van der Waals surface area contributed by atoms with Crippen LogP contribution in [0.1, 0.15) is 19.3 Å². The van der Waals surface area contributed by atoms with Gasteiger partial charge in [0.1, 0.15) is 5.69 Å². The molecule has 2 N–H and O–H groups in total. The summed E-state index contributed by atoms with van der Waals surface area (Å²) in [5.41, 5.74) is 5.69. The second-order valence-corrected chi connectivity index (χ2v) is 6.01. The summed E-state index contributed by atoms with van der Waals surface area (Å²) in [4.78, 5) is 22.5. The van der Waals surface area contributed by atoms with Crippen molar-refractivity contribution in [1.82, 2.24) is 0 Å². The lowest BCUT2D eigenvalue weighted by Gasteiger charge is -2.13. The molecule has 0 atom stereocenters. The molecule has 0 amide bonds. The van der Waals surface area contributed by atoms with Crippen LogP contribution in [-0.4, -0.2) is 23.8 Å². The Kier molecular flexibility index (Phi) is 4.17. The molecule has 1 aromatic rings. The molecule has 0 unspecified atom stereocenters. The first-order valence-electron chi connectivity index (χ1n) is 6.20. The van der Waals surface area contributed by atoms with Crippen LogP contribution in [0.3, 0.4) is 0 Å². The Labute approximate surface area is 120 Å². The summed E-state index contributed by atoms with van der Waals surface area (Å²) in [7, 11) is 1.37. The van der Waals surface area contributed by atoms with Crippen molar-refractivity contribution in [2.24, 2.45) is 5.41 Å². The minimum atomic E-state index is -0.461. The number of hydrogen-bond donors (Lipinski definition) is 1. The number of nitrogens with zero attached hydrogens (tertiary/aromatic N) is 1. The number of nitrogen functional groups attached to an aromatic ring is 1. The number of thioether (sulfide) groups is 1. The van der Waals surface area contributed by atoms with Crippen LogP contribution in [0.4, 0.5) is 11.4 Å². The van der Waals surface area contributed by atoms with Gasteiger partial charge in [-0.25, -0.2) is 0 Å². The van der Waals surface area contributed by atoms with Crippen LogP contribution in [0.15, 0.2) is 23.1 Å². The van der Waals surface area contributed by atoms with E-state index in [0.29, 0.717) is 17.1 Å². The highest BCUT2D eigenvalue weighted by molar-refractivity contribution is 7.99. The molecule has 6 nitrogen and oxygen atoms in total. The number of carbonyl (C=O) groups excluding carboxylic acids is 1. The maximum absolute atomic E-state index is 11.3. The Hall–Kier alpha value is -1.76. The molecule has 1 fully saturated rings. The molecule has 0 radical (unpaired) electrons. The van der Waals surface area contributed by atoms with Gasteiger partial charge in [-0.15, -0.1) is 11.8 Å². The molecule has 108 valence electrons. The fourth-order valence-electron chi connectivity index (χ4n) is 2.01. The third kappa shape index (κ3) is 3.22. The monoisotopic (exact) mass is 296 g/mol. The van der Waals surface area contributed by atoms with Crippen molar-refractivity contribution in [3.63, 3.8) is 0 Å². The fourth-order valence-corrected chi connectivity index (χ4v) is 3.37. The van der Waals surface area contributed by atoms with Gasteiger partial charge in [0.15, 0.2) is 0 Å². The van der Waals surface area contributed by atoms with Crippen LogP contribution in [0.2, 0.25) is 0 Å². The second kappa shape index (κ2) is 5.70. The van der Waals surface area contributed by atoms with Crippen molar-refractivity contribution in [2.75, 3.05) is 18.6 Å². The fraction of sp³-hybridized carbons (Fsp3) is 0.462. The number of hydrogen-bond acceptors (Lipinski definition) is 6. The minimum Gasteiger partial charge on any atom is -0.469 e. The van der Waals surface area contributed by atoms with Gasteiger partial charge >= 0.3 is 11.7 Å². The predicted octanol–water partition coefficient (Wildman–Crippen LogP) is 2.61. The number of methoxy groups -OCH3 is 1. The SMILES string of the molecule is COC(=O)CC1(CSc2cccc(N)c2[N+](=O)[O-])CC1. The van der Waals surface area contributed by atoms with Gasteiger partial charge in [-0.3, -0.25) is 14.9 Å². The van der Waals surface area contributed by atoms with Gasteiger partial charge in [-0.05, 0) is 30.4 Å². The Morgan fingerprint density at radius 3 is 2.80 bits per heavy atom. The van der Waals surface area contributed by atoms with E-state index in [4.69, 9.17) is 5.73 Å². The first kappa shape index (κ1) is 14.6. The normalized spacial score (nSPS) is 15.7. The maximum atomic E-state index is 11.3.